The second kappa shape index (κ2) is 4.91. The van der Waals surface area contributed by atoms with Gasteiger partial charge in [-0.1, -0.05) is 20.4 Å². The highest BCUT2D eigenvalue weighted by Crippen LogP contribution is 2.05. The van der Waals surface area contributed by atoms with Gasteiger partial charge in [0.2, 0.25) is 0 Å². The van der Waals surface area contributed by atoms with E-state index in [0.29, 0.717) is 0 Å². The number of ketones is 1. The number of hydrogen-bond donors (Lipinski definition) is 0. The lowest BCUT2D eigenvalue weighted by molar-refractivity contribution is -0.124. The molecule has 1 unspecified atom stereocenters. The minimum absolute atomic E-state index is 0.0574. The van der Waals surface area contributed by atoms with Gasteiger partial charge in [0.1, 0.15) is 0 Å². The number of carbonyl (C=O) groups excluding carboxylic acids is 1. The van der Waals surface area contributed by atoms with Gasteiger partial charge in [0.15, 0.2) is 5.78 Å². The van der Waals surface area contributed by atoms with Gasteiger partial charge in [-0.2, -0.15) is 0 Å². The molecular formula is C10H17NO. The maximum Gasteiger partial charge on any atom is 0.157 e. The predicted molar refractivity (Wildman–Crippen MR) is 51.0 cm³/mol. The Hall–Kier alpha value is -0.850. The maximum absolute atomic E-state index is 11.5. The first-order valence-electron chi connectivity index (χ1n) is 4.06. The van der Waals surface area contributed by atoms with E-state index in [2.05, 4.69) is 12.3 Å². The van der Waals surface area contributed by atoms with Crippen molar-refractivity contribution in [1.29, 1.82) is 0 Å². The van der Waals surface area contributed by atoms with Crippen LogP contribution in [-0.2, 0) is 4.79 Å². The van der Waals surface area contributed by atoms with Gasteiger partial charge in [-0.15, -0.1) is 5.73 Å². The molecule has 0 bridgehead atoms. The Balaban J connectivity index is 4.51. The molecule has 0 aliphatic heterocycles. The minimum Gasteiger partial charge on any atom is -0.297 e. The second-order valence-electron chi connectivity index (χ2n) is 3.34. The van der Waals surface area contributed by atoms with E-state index >= 15 is 0 Å². The van der Waals surface area contributed by atoms with E-state index in [4.69, 9.17) is 0 Å². The first kappa shape index (κ1) is 11.2. The molecule has 12 heavy (non-hydrogen) atoms. The van der Waals surface area contributed by atoms with Gasteiger partial charge in [0.05, 0.1) is 6.04 Å². The molecule has 0 aliphatic carbocycles. The monoisotopic (exact) mass is 167 g/mol. The number of hydrogen-bond acceptors (Lipinski definition) is 2. The molecule has 0 aromatic heterocycles. The second-order valence-corrected chi connectivity index (χ2v) is 3.34. The van der Waals surface area contributed by atoms with Crippen LogP contribution in [0.4, 0.5) is 0 Å². The number of nitrogens with zero attached hydrogens (tertiary/aromatic N) is 1. The summed E-state index contributed by atoms with van der Waals surface area (Å²) in [6.07, 6.45) is 1.70. The predicted octanol–water partition coefficient (Wildman–Crippen LogP) is 1.48. The lowest BCUT2D eigenvalue weighted by Gasteiger charge is -2.20. The molecule has 0 radical (unpaired) electrons. The maximum atomic E-state index is 11.5. The topological polar surface area (TPSA) is 20.3 Å². The summed E-state index contributed by atoms with van der Waals surface area (Å²) in [5.74, 6) is 0.262. The quantitative estimate of drug-likeness (QED) is 0.591. The molecule has 0 amide bonds. The average molecular weight is 167 g/mol. The van der Waals surface area contributed by atoms with E-state index in [1.807, 2.05) is 32.8 Å². The number of carbonyl (C=O) groups is 1. The Morgan fingerprint density at radius 1 is 1.50 bits per heavy atom. The molecule has 0 aliphatic rings. The third kappa shape index (κ3) is 3.04. The Labute approximate surface area is 74.6 Å². The summed E-state index contributed by atoms with van der Waals surface area (Å²) in [4.78, 5) is 13.4. The van der Waals surface area contributed by atoms with Crippen LogP contribution >= 0.6 is 0 Å². The van der Waals surface area contributed by atoms with Crippen LogP contribution in [0.15, 0.2) is 18.4 Å². The highest BCUT2D eigenvalue weighted by atomic mass is 16.1. The highest BCUT2D eigenvalue weighted by molar-refractivity contribution is 5.87. The molecule has 0 heterocycles. The van der Waals surface area contributed by atoms with E-state index in [-0.39, 0.29) is 17.7 Å². The largest absolute Gasteiger partial charge is 0.297 e. The molecular weight excluding hydrogens is 150 g/mol. The SMILES string of the molecule is C=C=CC(C(=O)C(C)C)N(C)C. The number of rotatable bonds is 4. The third-order valence-corrected chi connectivity index (χ3v) is 1.69. The van der Waals surface area contributed by atoms with E-state index in [1.165, 1.54) is 0 Å². The summed E-state index contributed by atoms with van der Waals surface area (Å²) in [7, 11) is 3.75. The highest BCUT2D eigenvalue weighted by Gasteiger charge is 2.19. The summed E-state index contributed by atoms with van der Waals surface area (Å²) in [5, 5.41) is 0. The van der Waals surface area contributed by atoms with Gasteiger partial charge < -0.3 is 0 Å². The molecule has 2 nitrogen and oxygen atoms in total. The molecule has 0 aromatic rings. The van der Waals surface area contributed by atoms with Crippen LogP contribution in [0.1, 0.15) is 13.8 Å². The summed E-state index contributed by atoms with van der Waals surface area (Å²) >= 11 is 0. The smallest absolute Gasteiger partial charge is 0.157 e. The lowest BCUT2D eigenvalue weighted by atomic mass is 10.0. The van der Waals surface area contributed by atoms with Crippen LogP contribution in [0.3, 0.4) is 0 Å². The van der Waals surface area contributed by atoms with Crippen LogP contribution in [0, 0.1) is 5.92 Å². The molecule has 0 N–H and O–H groups in total. The molecule has 0 spiro atoms. The zero-order valence-electron chi connectivity index (χ0n) is 8.29. The van der Waals surface area contributed by atoms with Crippen molar-refractivity contribution in [2.24, 2.45) is 5.92 Å². The van der Waals surface area contributed by atoms with Gasteiger partial charge in [-0.25, -0.2) is 0 Å². The molecule has 2 heteroatoms. The van der Waals surface area contributed by atoms with Crippen molar-refractivity contribution in [1.82, 2.24) is 4.90 Å². The molecule has 0 rings (SSSR count). The fourth-order valence-electron chi connectivity index (χ4n) is 0.939. The van der Waals surface area contributed by atoms with Crippen LogP contribution in [0.2, 0.25) is 0 Å². The molecule has 0 fully saturated rings. The van der Waals surface area contributed by atoms with Crippen molar-refractivity contribution in [3.63, 3.8) is 0 Å². The summed E-state index contributed by atoms with van der Waals surface area (Å²) in [5.41, 5.74) is 2.65. The normalized spacial score (nSPS) is 12.8. The van der Waals surface area contributed by atoms with Crippen LogP contribution in [-0.4, -0.2) is 30.8 Å². The third-order valence-electron chi connectivity index (χ3n) is 1.69. The standard InChI is InChI=1S/C10H17NO/c1-6-7-9(11(4)5)10(12)8(2)3/h7-9H,1H2,2-5H3. The molecule has 0 saturated carbocycles. The van der Waals surface area contributed by atoms with Gasteiger partial charge in [0, 0.05) is 5.92 Å². The lowest BCUT2D eigenvalue weighted by Crippen LogP contribution is -2.36. The van der Waals surface area contributed by atoms with Gasteiger partial charge in [0.25, 0.3) is 0 Å². The first-order valence-corrected chi connectivity index (χ1v) is 4.06. The van der Waals surface area contributed by atoms with E-state index in [0.717, 1.165) is 0 Å². The zero-order valence-corrected chi connectivity index (χ0v) is 8.29. The minimum atomic E-state index is -0.178. The van der Waals surface area contributed by atoms with Crippen molar-refractivity contribution in [3.8, 4) is 0 Å². The van der Waals surface area contributed by atoms with Crippen molar-refractivity contribution >= 4 is 5.78 Å². The first-order chi connectivity index (χ1) is 5.50. The van der Waals surface area contributed by atoms with Crippen LogP contribution in [0.5, 0.6) is 0 Å². The Morgan fingerprint density at radius 3 is 2.25 bits per heavy atom. The zero-order chi connectivity index (χ0) is 9.72. The van der Waals surface area contributed by atoms with Crippen LogP contribution < -0.4 is 0 Å². The van der Waals surface area contributed by atoms with Gasteiger partial charge >= 0.3 is 0 Å². The van der Waals surface area contributed by atoms with Crippen molar-refractivity contribution in [3.05, 3.63) is 18.4 Å². The van der Waals surface area contributed by atoms with Crippen molar-refractivity contribution in [2.45, 2.75) is 19.9 Å². The van der Waals surface area contributed by atoms with E-state index < -0.39 is 0 Å². The molecule has 0 aromatic carbocycles. The van der Waals surface area contributed by atoms with Crippen molar-refractivity contribution < 1.29 is 4.79 Å². The van der Waals surface area contributed by atoms with Crippen LogP contribution in [0.25, 0.3) is 0 Å². The average Bonchev–Trinajstić information content (AvgIpc) is 1.98. The number of likely N-dealkylation sites (N-methyl/N-ethyl adjacent to an activating group) is 1. The van der Waals surface area contributed by atoms with Crippen molar-refractivity contribution in [2.75, 3.05) is 14.1 Å². The Bertz CT molecular complexity index is 200. The summed E-state index contributed by atoms with van der Waals surface area (Å²) in [6.45, 7) is 7.26. The fourth-order valence-corrected chi connectivity index (χ4v) is 0.939. The fraction of sp³-hybridized carbons (Fsp3) is 0.600. The Morgan fingerprint density at radius 2 is 2.00 bits per heavy atom. The van der Waals surface area contributed by atoms with Gasteiger partial charge in [-0.05, 0) is 20.2 Å². The molecule has 0 saturated heterocycles. The summed E-state index contributed by atoms with van der Waals surface area (Å²) < 4.78 is 0. The summed E-state index contributed by atoms with van der Waals surface area (Å²) in [6, 6.07) is -0.178. The van der Waals surface area contributed by atoms with Gasteiger partial charge in [-0.3, -0.25) is 9.69 Å². The molecule has 68 valence electrons. The van der Waals surface area contributed by atoms with E-state index in [9.17, 15) is 4.79 Å². The van der Waals surface area contributed by atoms with E-state index in [1.54, 1.807) is 6.08 Å². The Kier molecular flexibility index (Phi) is 4.57. The molecule has 1 atom stereocenters. The number of Topliss-reactive ketones (excluding diaryl/α,β-unsaturated/α-hetero) is 1.